The summed E-state index contributed by atoms with van der Waals surface area (Å²) in [6.45, 7) is 0. The number of benzene rings is 1. The van der Waals surface area contributed by atoms with Crippen molar-refractivity contribution in [3.05, 3.63) is 35.6 Å². The normalized spacial score (nSPS) is 17.1. The zero-order valence-corrected chi connectivity index (χ0v) is 13.2. The Morgan fingerprint density at radius 3 is 2.43 bits per heavy atom. The Labute approximate surface area is 135 Å². The Bertz CT molecular complexity index is 542. The summed E-state index contributed by atoms with van der Waals surface area (Å²) >= 11 is 0. The van der Waals surface area contributed by atoms with Gasteiger partial charge < -0.3 is 16.4 Å². The lowest BCUT2D eigenvalue weighted by molar-refractivity contribution is -0.122. The zero-order chi connectivity index (χ0) is 16.7. The maximum atomic E-state index is 13.9. The molecule has 4 N–H and O–H groups in total. The van der Waals surface area contributed by atoms with Crippen LogP contribution in [0, 0.1) is 5.82 Å². The van der Waals surface area contributed by atoms with Crippen molar-refractivity contribution in [1.82, 2.24) is 10.6 Å². The molecule has 1 aromatic rings. The number of halogens is 1. The SMILES string of the molecule is NC(=O)N[C@H](CC(=O)NC1CCCCCC1)c1ccccc1F. The van der Waals surface area contributed by atoms with E-state index < -0.39 is 17.9 Å². The number of nitrogens with two attached hydrogens (primary N) is 1. The zero-order valence-electron chi connectivity index (χ0n) is 13.2. The molecule has 0 heterocycles. The maximum Gasteiger partial charge on any atom is 0.312 e. The average Bonchev–Trinajstić information content (AvgIpc) is 2.75. The second kappa shape index (κ2) is 8.50. The van der Waals surface area contributed by atoms with E-state index >= 15 is 0 Å². The summed E-state index contributed by atoms with van der Waals surface area (Å²) in [5.74, 6) is -0.660. The number of hydrogen-bond donors (Lipinski definition) is 3. The van der Waals surface area contributed by atoms with E-state index in [9.17, 15) is 14.0 Å². The monoisotopic (exact) mass is 321 g/mol. The van der Waals surface area contributed by atoms with E-state index in [1.54, 1.807) is 18.2 Å². The van der Waals surface area contributed by atoms with Gasteiger partial charge in [-0.05, 0) is 18.9 Å². The smallest absolute Gasteiger partial charge is 0.312 e. The molecule has 3 amide bonds. The van der Waals surface area contributed by atoms with Crippen LogP contribution in [0.4, 0.5) is 9.18 Å². The summed E-state index contributed by atoms with van der Waals surface area (Å²) in [7, 11) is 0. The molecule has 0 saturated heterocycles. The molecule has 0 bridgehead atoms. The highest BCUT2D eigenvalue weighted by atomic mass is 19.1. The molecule has 2 rings (SSSR count). The minimum atomic E-state index is -0.777. The standard InChI is InChI=1S/C17H24FN3O2/c18-14-10-6-5-9-13(14)15(21-17(19)23)11-16(22)20-12-7-3-1-2-4-8-12/h5-6,9-10,12,15H,1-4,7-8,11H2,(H,20,22)(H3,19,21,23)/t15-/m1/s1. The molecule has 1 aromatic carbocycles. The topological polar surface area (TPSA) is 84.2 Å². The van der Waals surface area contributed by atoms with Crippen LogP contribution in [-0.2, 0) is 4.79 Å². The molecule has 6 heteroatoms. The summed E-state index contributed by atoms with van der Waals surface area (Å²) in [6.07, 6.45) is 6.54. The van der Waals surface area contributed by atoms with Crippen molar-refractivity contribution in [2.24, 2.45) is 5.73 Å². The van der Waals surface area contributed by atoms with Crippen molar-refractivity contribution in [2.75, 3.05) is 0 Å². The molecule has 0 aliphatic heterocycles. The fourth-order valence-electron chi connectivity index (χ4n) is 3.06. The second-order valence-corrected chi connectivity index (χ2v) is 6.04. The first-order valence-corrected chi connectivity index (χ1v) is 8.16. The van der Waals surface area contributed by atoms with Gasteiger partial charge in [0.05, 0.1) is 12.5 Å². The molecular weight excluding hydrogens is 297 g/mol. The number of carbonyl (C=O) groups excluding carboxylic acids is 2. The number of amides is 3. The first-order valence-electron chi connectivity index (χ1n) is 8.16. The Hall–Kier alpha value is -2.11. The predicted octanol–water partition coefficient (Wildman–Crippen LogP) is 2.76. The van der Waals surface area contributed by atoms with Gasteiger partial charge in [-0.2, -0.15) is 0 Å². The number of nitrogens with one attached hydrogen (secondary N) is 2. The van der Waals surface area contributed by atoms with Crippen LogP contribution in [0.15, 0.2) is 24.3 Å². The quantitative estimate of drug-likeness (QED) is 0.729. The second-order valence-electron chi connectivity index (χ2n) is 6.04. The lowest BCUT2D eigenvalue weighted by Gasteiger charge is -2.21. The van der Waals surface area contributed by atoms with Gasteiger partial charge >= 0.3 is 6.03 Å². The Morgan fingerprint density at radius 2 is 1.83 bits per heavy atom. The van der Waals surface area contributed by atoms with Crippen molar-refractivity contribution in [3.63, 3.8) is 0 Å². The highest BCUT2D eigenvalue weighted by Crippen LogP contribution is 2.21. The molecule has 1 fully saturated rings. The summed E-state index contributed by atoms with van der Waals surface area (Å²) in [5, 5.41) is 5.45. The van der Waals surface area contributed by atoms with E-state index in [1.807, 2.05) is 0 Å². The van der Waals surface area contributed by atoms with Crippen LogP contribution < -0.4 is 16.4 Å². The highest BCUT2D eigenvalue weighted by molar-refractivity contribution is 5.79. The third-order valence-corrected chi connectivity index (χ3v) is 4.21. The Balaban J connectivity index is 2.00. The number of primary amides is 1. The number of urea groups is 1. The molecule has 1 atom stereocenters. The summed E-state index contributed by atoms with van der Waals surface area (Å²) in [4.78, 5) is 23.4. The van der Waals surface area contributed by atoms with E-state index in [0.717, 1.165) is 25.7 Å². The Morgan fingerprint density at radius 1 is 1.17 bits per heavy atom. The minimum absolute atomic E-state index is 0.0274. The summed E-state index contributed by atoms with van der Waals surface area (Å²) in [6, 6.07) is 4.70. The van der Waals surface area contributed by atoms with Crippen LogP contribution in [-0.4, -0.2) is 18.0 Å². The number of rotatable bonds is 5. The summed E-state index contributed by atoms with van der Waals surface area (Å²) < 4.78 is 13.9. The van der Waals surface area contributed by atoms with E-state index in [2.05, 4.69) is 10.6 Å². The van der Waals surface area contributed by atoms with Gasteiger partial charge in [-0.25, -0.2) is 9.18 Å². The molecule has 126 valence electrons. The predicted molar refractivity (Wildman–Crippen MR) is 86.1 cm³/mol. The van der Waals surface area contributed by atoms with Crippen LogP contribution in [0.25, 0.3) is 0 Å². The van der Waals surface area contributed by atoms with Crippen LogP contribution in [0.1, 0.15) is 56.6 Å². The molecule has 0 spiro atoms. The first kappa shape index (κ1) is 17.2. The first-order chi connectivity index (χ1) is 11.1. The molecule has 0 aromatic heterocycles. The van der Waals surface area contributed by atoms with Crippen molar-refractivity contribution in [1.29, 1.82) is 0 Å². The van der Waals surface area contributed by atoms with Crippen LogP contribution in [0.3, 0.4) is 0 Å². The van der Waals surface area contributed by atoms with E-state index in [1.165, 1.54) is 18.9 Å². The fraction of sp³-hybridized carbons (Fsp3) is 0.529. The molecular formula is C17H24FN3O2. The Kier molecular flexibility index (Phi) is 6.38. The van der Waals surface area contributed by atoms with Gasteiger partial charge in [0.1, 0.15) is 5.82 Å². The molecule has 0 unspecified atom stereocenters. The van der Waals surface area contributed by atoms with Gasteiger partial charge in [-0.1, -0.05) is 43.9 Å². The molecule has 1 aliphatic rings. The van der Waals surface area contributed by atoms with Crippen molar-refractivity contribution >= 4 is 11.9 Å². The van der Waals surface area contributed by atoms with Crippen LogP contribution in [0.2, 0.25) is 0 Å². The van der Waals surface area contributed by atoms with Gasteiger partial charge in [0.25, 0.3) is 0 Å². The summed E-state index contributed by atoms with van der Waals surface area (Å²) in [5.41, 5.74) is 5.42. The van der Waals surface area contributed by atoms with Crippen molar-refractivity contribution < 1.29 is 14.0 Å². The van der Waals surface area contributed by atoms with Gasteiger partial charge in [-0.3, -0.25) is 4.79 Å². The maximum absolute atomic E-state index is 13.9. The number of carbonyl (C=O) groups is 2. The molecule has 5 nitrogen and oxygen atoms in total. The fourth-order valence-corrected chi connectivity index (χ4v) is 3.06. The van der Waals surface area contributed by atoms with Crippen LogP contribution >= 0.6 is 0 Å². The highest BCUT2D eigenvalue weighted by Gasteiger charge is 2.22. The lowest BCUT2D eigenvalue weighted by Crippen LogP contribution is -2.40. The van der Waals surface area contributed by atoms with E-state index in [0.29, 0.717) is 0 Å². The molecule has 0 radical (unpaired) electrons. The van der Waals surface area contributed by atoms with Crippen molar-refractivity contribution in [2.45, 2.75) is 57.0 Å². The third kappa shape index (κ3) is 5.54. The van der Waals surface area contributed by atoms with Gasteiger partial charge in [0, 0.05) is 11.6 Å². The number of hydrogen-bond acceptors (Lipinski definition) is 2. The van der Waals surface area contributed by atoms with Gasteiger partial charge in [0.2, 0.25) is 5.91 Å². The van der Waals surface area contributed by atoms with E-state index in [-0.39, 0.29) is 23.9 Å². The minimum Gasteiger partial charge on any atom is -0.353 e. The average molecular weight is 321 g/mol. The van der Waals surface area contributed by atoms with E-state index in [4.69, 9.17) is 5.73 Å². The lowest BCUT2D eigenvalue weighted by atomic mass is 10.0. The molecule has 1 aliphatic carbocycles. The van der Waals surface area contributed by atoms with Gasteiger partial charge in [0.15, 0.2) is 0 Å². The third-order valence-electron chi connectivity index (χ3n) is 4.21. The molecule has 1 saturated carbocycles. The largest absolute Gasteiger partial charge is 0.353 e. The van der Waals surface area contributed by atoms with Crippen molar-refractivity contribution in [3.8, 4) is 0 Å². The molecule has 23 heavy (non-hydrogen) atoms. The van der Waals surface area contributed by atoms with Crippen LogP contribution in [0.5, 0.6) is 0 Å². The van der Waals surface area contributed by atoms with Gasteiger partial charge in [-0.15, -0.1) is 0 Å².